The third-order valence-electron chi connectivity index (χ3n) is 2.81. The molecule has 0 saturated carbocycles. The fourth-order valence-corrected chi connectivity index (χ4v) is 3.21. The van der Waals surface area contributed by atoms with Gasteiger partial charge in [0.25, 0.3) is 0 Å². The van der Waals surface area contributed by atoms with Crippen LogP contribution < -0.4 is 10.2 Å². The Morgan fingerprint density at radius 2 is 1.83 bits per heavy atom. The molecule has 0 aliphatic rings. The molecule has 0 saturated heterocycles. The standard InChI is InChI=1S/C16H13Cl3N2O2S/c1-23-16-13(18)6-10(7-14(16)19)8-20-21-15(22)9-24-12-4-2-11(17)3-5-12/h2-8H,9H2,1H3,(H,21,22)/b20-8-. The molecule has 2 rings (SSSR count). The van der Waals surface area contributed by atoms with Crippen molar-refractivity contribution in [3.63, 3.8) is 0 Å². The molecule has 24 heavy (non-hydrogen) atoms. The van der Waals surface area contributed by atoms with Gasteiger partial charge in [-0.25, -0.2) is 5.43 Å². The SMILES string of the molecule is COc1c(Cl)cc(/C=N\NC(=O)CSc2ccc(Cl)cc2)cc1Cl. The molecule has 1 amide bonds. The van der Waals surface area contributed by atoms with Crippen LogP contribution in [0.3, 0.4) is 0 Å². The molecule has 0 radical (unpaired) electrons. The molecule has 0 heterocycles. The van der Waals surface area contributed by atoms with E-state index in [-0.39, 0.29) is 11.7 Å². The molecule has 0 aliphatic heterocycles. The molecular formula is C16H13Cl3N2O2S. The maximum Gasteiger partial charge on any atom is 0.250 e. The molecule has 2 aromatic carbocycles. The molecule has 0 atom stereocenters. The highest BCUT2D eigenvalue weighted by molar-refractivity contribution is 8.00. The first kappa shape index (κ1) is 18.9. The maximum atomic E-state index is 11.8. The number of nitrogens with one attached hydrogen (secondary N) is 1. The number of rotatable bonds is 6. The monoisotopic (exact) mass is 402 g/mol. The van der Waals surface area contributed by atoms with E-state index in [9.17, 15) is 4.79 Å². The number of benzene rings is 2. The molecule has 8 heteroatoms. The van der Waals surface area contributed by atoms with Gasteiger partial charge in [0.05, 0.1) is 29.1 Å². The second-order valence-corrected chi connectivity index (χ2v) is 6.85. The van der Waals surface area contributed by atoms with Gasteiger partial charge in [-0.2, -0.15) is 5.10 Å². The molecular weight excluding hydrogens is 391 g/mol. The van der Waals surface area contributed by atoms with Crippen LogP contribution >= 0.6 is 46.6 Å². The highest BCUT2D eigenvalue weighted by Crippen LogP contribution is 2.33. The predicted octanol–water partition coefficient (Wildman–Crippen LogP) is 4.90. The number of hydrogen-bond donors (Lipinski definition) is 1. The van der Waals surface area contributed by atoms with Crippen LogP contribution in [-0.2, 0) is 4.79 Å². The number of ether oxygens (including phenoxy) is 1. The lowest BCUT2D eigenvalue weighted by Crippen LogP contribution is -2.19. The third kappa shape index (κ3) is 5.60. The summed E-state index contributed by atoms with van der Waals surface area (Å²) in [6.07, 6.45) is 1.46. The summed E-state index contributed by atoms with van der Waals surface area (Å²) in [5, 5.41) is 5.29. The summed E-state index contributed by atoms with van der Waals surface area (Å²) in [6, 6.07) is 10.5. The highest BCUT2D eigenvalue weighted by Gasteiger charge is 2.07. The first-order chi connectivity index (χ1) is 11.5. The Bertz CT molecular complexity index is 728. The van der Waals surface area contributed by atoms with Gasteiger partial charge in [0, 0.05) is 9.92 Å². The van der Waals surface area contributed by atoms with Crippen molar-refractivity contribution >= 4 is 58.7 Å². The molecule has 0 spiro atoms. The second-order valence-electron chi connectivity index (χ2n) is 4.55. The number of nitrogens with zero attached hydrogens (tertiary/aromatic N) is 1. The fourth-order valence-electron chi connectivity index (χ4n) is 1.74. The van der Waals surface area contributed by atoms with Gasteiger partial charge >= 0.3 is 0 Å². The van der Waals surface area contributed by atoms with Crippen molar-refractivity contribution in [1.29, 1.82) is 0 Å². The van der Waals surface area contributed by atoms with Crippen LogP contribution in [-0.4, -0.2) is 25.0 Å². The topological polar surface area (TPSA) is 50.7 Å². The minimum atomic E-state index is -0.225. The summed E-state index contributed by atoms with van der Waals surface area (Å²) in [4.78, 5) is 12.7. The Balaban J connectivity index is 1.87. The average Bonchev–Trinajstić information content (AvgIpc) is 2.54. The van der Waals surface area contributed by atoms with E-state index >= 15 is 0 Å². The van der Waals surface area contributed by atoms with Gasteiger partial charge in [-0.3, -0.25) is 4.79 Å². The summed E-state index contributed by atoms with van der Waals surface area (Å²) in [5.41, 5.74) is 3.10. The van der Waals surface area contributed by atoms with Gasteiger partial charge < -0.3 is 4.74 Å². The molecule has 126 valence electrons. The molecule has 4 nitrogen and oxygen atoms in total. The lowest BCUT2D eigenvalue weighted by atomic mass is 10.2. The lowest BCUT2D eigenvalue weighted by Gasteiger charge is -2.06. The number of halogens is 3. The number of amides is 1. The molecule has 0 unspecified atom stereocenters. The minimum absolute atomic E-state index is 0.225. The Kier molecular flexibility index (Phi) is 7.24. The van der Waals surface area contributed by atoms with E-state index in [2.05, 4.69) is 10.5 Å². The molecule has 2 aromatic rings. The first-order valence-corrected chi connectivity index (χ1v) is 8.85. The Labute approximate surface area is 159 Å². The number of methoxy groups -OCH3 is 1. The number of carbonyl (C=O) groups is 1. The van der Waals surface area contributed by atoms with E-state index in [1.54, 1.807) is 24.3 Å². The van der Waals surface area contributed by atoms with Crippen LogP contribution in [0.5, 0.6) is 5.75 Å². The maximum absolute atomic E-state index is 11.8. The van der Waals surface area contributed by atoms with Crippen LogP contribution in [0.2, 0.25) is 15.1 Å². The van der Waals surface area contributed by atoms with Crippen molar-refractivity contribution in [3.05, 3.63) is 57.0 Å². The fraction of sp³-hybridized carbons (Fsp3) is 0.125. The summed E-state index contributed by atoms with van der Waals surface area (Å²) in [6.45, 7) is 0. The summed E-state index contributed by atoms with van der Waals surface area (Å²) in [5.74, 6) is 0.416. The molecule has 0 fully saturated rings. The van der Waals surface area contributed by atoms with Crippen molar-refractivity contribution < 1.29 is 9.53 Å². The lowest BCUT2D eigenvalue weighted by molar-refractivity contribution is -0.118. The average molecular weight is 404 g/mol. The van der Waals surface area contributed by atoms with Gasteiger partial charge in [-0.15, -0.1) is 11.8 Å². The quantitative estimate of drug-likeness (QED) is 0.424. The summed E-state index contributed by atoms with van der Waals surface area (Å²) in [7, 11) is 1.49. The summed E-state index contributed by atoms with van der Waals surface area (Å²) < 4.78 is 5.07. The van der Waals surface area contributed by atoms with Crippen LogP contribution in [0.25, 0.3) is 0 Å². The minimum Gasteiger partial charge on any atom is -0.494 e. The second kappa shape index (κ2) is 9.18. The highest BCUT2D eigenvalue weighted by atomic mass is 35.5. The van der Waals surface area contributed by atoms with E-state index in [4.69, 9.17) is 39.5 Å². The van der Waals surface area contributed by atoms with E-state index in [1.165, 1.54) is 25.1 Å². The summed E-state index contributed by atoms with van der Waals surface area (Å²) >= 11 is 19.3. The zero-order valence-electron chi connectivity index (χ0n) is 12.6. The van der Waals surface area contributed by atoms with Gasteiger partial charge in [-0.05, 0) is 42.0 Å². The van der Waals surface area contributed by atoms with E-state index in [0.717, 1.165) is 4.90 Å². The Hall–Kier alpha value is -1.40. The molecule has 0 aromatic heterocycles. The van der Waals surface area contributed by atoms with E-state index in [1.807, 2.05) is 12.1 Å². The Morgan fingerprint density at radius 3 is 2.42 bits per heavy atom. The largest absolute Gasteiger partial charge is 0.494 e. The van der Waals surface area contributed by atoms with Crippen molar-refractivity contribution in [2.75, 3.05) is 12.9 Å². The number of thioether (sulfide) groups is 1. The normalized spacial score (nSPS) is 10.8. The van der Waals surface area contributed by atoms with E-state index in [0.29, 0.717) is 26.4 Å². The zero-order chi connectivity index (χ0) is 17.5. The molecule has 0 aliphatic carbocycles. The van der Waals surface area contributed by atoms with Crippen LogP contribution in [0.1, 0.15) is 5.56 Å². The van der Waals surface area contributed by atoms with Gasteiger partial charge in [0.15, 0.2) is 5.75 Å². The van der Waals surface area contributed by atoms with Gasteiger partial charge in [0.1, 0.15) is 0 Å². The number of hydrazone groups is 1. The van der Waals surface area contributed by atoms with Crippen molar-refractivity contribution in [2.45, 2.75) is 4.90 Å². The number of hydrogen-bond acceptors (Lipinski definition) is 4. The first-order valence-electron chi connectivity index (χ1n) is 6.73. The predicted molar refractivity (Wildman–Crippen MR) is 101 cm³/mol. The van der Waals surface area contributed by atoms with E-state index < -0.39 is 0 Å². The van der Waals surface area contributed by atoms with Crippen LogP contribution in [0.15, 0.2) is 46.4 Å². The van der Waals surface area contributed by atoms with Gasteiger partial charge in [-0.1, -0.05) is 34.8 Å². The van der Waals surface area contributed by atoms with Crippen LogP contribution in [0.4, 0.5) is 0 Å². The van der Waals surface area contributed by atoms with Gasteiger partial charge in [0.2, 0.25) is 5.91 Å². The van der Waals surface area contributed by atoms with Crippen molar-refractivity contribution in [3.8, 4) is 5.75 Å². The van der Waals surface area contributed by atoms with Crippen LogP contribution in [0, 0.1) is 0 Å². The third-order valence-corrected chi connectivity index (χ3v) is 4.64. The Morgan fingerprint density at radius 1 is 1.21 bits per heavy atom. The van der Waals surface area contributed by atoms with Crippen molar-refractivity contribution in [1.82, 2.24) is 5.43 Å². The smallest absolute Gasteiger partial charge is 0.250 e. The number of carbonyl (C=O) groups excluding carboxylic acids is 1. The molecule has 1 N–H and O–H groups in total. The zero-order valence-corrected chi connectivity index (χ0v) is 15.6. The molecule has 0 bridgehead atoms. The van der Waals surface area contributed by atoms with Crippen molar-refractivity contribution in [2.24, 2.45) is 5.10 Å².